The molecule has 0 aliphatic carbocycles. The van der Waals surface area contributed by atoms with Gasteiger partial charge in [0.25, 0.3) is 0 Å². The van der Waals surface area contributed by atoms with E-state index in [9.17, 15) is 0 Å². The molecule has 0 saturated carbocycles. The third-order valence-electron chi connectivity index (χ3n) is 5.72. The van der Waals surface area contributed by atoms with Crippen molar-refractivity contribution >= 4 is 35.6 Å². The molecule has 2 atom stereocenters. The molecule has 0 radical (unpaired) electrons. The number of aryl methyl sites for hydroxylation is 1. The van der Waals surface area contributed by atoms with Gasteiger partial charge in [0, 0.05) is 44.6 Å². The highest BCUT2D eigenvalue weighted by Gasteiger charge is 2.27. The number of imidazole rings is 1. The molecule has 1 saturated heterocycles. The molecule has 1 fully saturated rings. The Morgan fingerprint density at radius 2 is 2.07 bits per heavy atom. The number of hydrogen-bond donors (Lipinski definition) is 2. The molecule has 2 N–H and O–H groups in total. The number of halogens is 1. The van der Waals surface area contributed by atoms with Gasteiger partial charge in [-0.25, -0.2) is 4.98 Å². The van der Waals surface area contributed by atoms with Crippen LogP contribution in [-0.2, 0) is 6.54 Å². The second-order valence-corrected chi connectivity index (χ2v) is 7.84. The van der Waals surface area contributed by atoms with Crippen LogP contribution in [0.25, 0.3) is 5.65 Å². The van der Waals surface area contributed by atoms with Gasteiger partial charge in [-0.05, 0) is 43.5 Å². The Balaban J connectivity index is 0.00000256. The van der Waals surface area contributed by atoms with E-state index in [4.69, 9.17) is 0 Å². The quantitative estimate of drug-likeness (QED) is 0.307. The molecule has 7 heteroatoms. The molecular formula is C23H31IN6. The van der Waals surface area contributed by atoms with Gasteiger partial charge in [0.1, 0.15) is 5.65 Å². The molecule has 1 aliphatic heterocycles. The van der Waals surface area contributed by atoms with E-state index in [1.165, 1.54) is 11.1 Å². The van der Waals surface area contributed by atoms with Crippen LogP contribution in [0.1, 0.15) is 36.2 Å². The summed E-state index contributed by atoms with van der Waals surface area (Å²) in [6.07, 6.45) is 5.23. The van der Waals surface area contributed by atoms with Gasteiger partial charge < -0.3 is 15.0 Å². The number of benzene rings is 1. The summed E-state index contributed by atoms with van der Waals surface area (Å²) in [6, 6.07) is 15.7. The number of aliphatic imine (C=N–C) groups is 1. The van der Waals surface area contributed by atoms with E-state index in [-0.39, 0.29) is 24.0 Å². The number of pyridine rings is 1. The lowest BCUT2D eigenvalue weighted by Gasteiger charge is -2.25. The summed E-state index contributed by atoms with van der Waals surface area (Å²) in [5, 5.41) is 6.99. The lowest BCUT2D eigenvalue weighted by molar-refractivity contribution is 0.258. The summed E-state index contributed by atoms with van der Waals surface area (Å²) in [5.74, 6) is 0.831. The summed E-state index contributed by atoms with van der Waals surface area (Å²) >= 11 is 0. The van der Waals surface area contributed by atoms with Crippen LogP contribution in [0.4, 0.5) is 0 Å². The van der Waals surface area contributed by atoms with E-state index >= 15 is 0 Å². The second kappa shape index (κ2) is 10.3. The van der Waals surface area contributed by atoms with Crippen LogP contribution in [-0.4, -0.2) is 46.4 Å². The van der Waals surface area contributed by atoms with Crippen molar-refractivity contribution in [3.05, 3.63) is 71.7 Å². The number of nitrogens with one attached hydrogen (secondary N) is 2. The number of likely N-dealkylation sites (tertiary alicyclic amines) is 1. The first kappa shape index (κ1) is 22.6. The zero-order valence-electron chi connectivity index (χ0n) is 17.9. The van der Waals surface area contributed by atoms with Crippen molar-refractivity contribution in [3.63, 3.8) is 0 Å². The molecule has 2 aromatic heterocycles. The summed E-state index contributed by atoms with van der Waals surface area (Å²) in [6.45, 7) is 7.13. The summed E-state index contributed by atoms with van der Waals surface area (Å²) in [4.78, 5) is 11.6. The monoisotopic (exact) mass is 518 g/mol. The van der Waals surface area contributed by atoms with Crippen LogP contribution in [0.3, 0.4) is 0 Å². The van der Waals surface area contributed by atoms with E-state index in [0.29, 0.717) is 18.6 Å². The standard InChI is InChI=1S/C23H30N6.HI/c1-17-9-11-29-16-21(26-22(29)13-17)14-25-23(24-3)27-20-10-12-28(15-20)18(2)19-7-5-4-6-8-19;/h4-9,11,13,16,18,20H,10,12,14-15H2,1-3H3,(H2,24,25,27);1H. The number of aromatic nitrogens is 2. The minimum absolute atomic E-state index is 0. The number of guanidine groups is 1. The zero-order chi connectivity index (χ0) is 20.2. The molecule has 6 nitrogen and oxygen atoms in total. The van der Waals surface area contributed by atoms with Crippen LogP contribution in [0.2, 0.25) is 0 Å². The van der Waals surface area contributed by atoms with Crippen LogP contribution in [0.5, 0.6) is 0 Å². The first-order valence-electron chi connectivity index (χ1n) is 10.3. The largest absolute Gasteiger partial charge is 0.352 e. The predicted octanol–water partition coefficient (Wildman–Crippen LogP) is 3.76. The van der Waals surface area contributed by atoms with Gasteiger partial charge in [0.15, 0.2) is 5.96 Å². The van der Waals surface area contributed by atoms with Gasteiger partial charge in [-0.3, -0.25) is 9.89 Å². The maximum atomic E-state index is 4.69. The van der Waals surface area contributed by atoms with E-state index in [2.05, 4.69) is 98.6 Å². The Morgan fingerprint density at radius 1 is 1.27 bits per heavy atom. The molecule has 1 aliphatic rings. The van der Waals surface area contributed by atoms with Crippen LogP contribution in [0.15, 0.2) is 59.9 Å². The Morgan fingerprint density at radius 3 is 2.83 bits per heavy atom. The van der Waals surface area contributed by atoms with Gasteiger partial charge >= 0.3 is 0 Å². The Kier molecular flexibility index (Phi) is 7.71. The topological polar surface area (TPSA) is 57.0 Å². The fourth-order valence-electron chi connectivity index (χ4n) is 3.98. The molecule has 1 aromatic carbocycles. The van der Waals surface area contributed by atoms with Crippen molar-refractivity contribution in [1.82, 2.24) is 24.9 Å². The molecule has 160 valence electrons. The number of hydrogen-bond acceptors (Lipinski definition) is 3. The highest BCUT2D eigenvalue weighted by atomic mass is 127. The minimum Gasteiger partial charge on any atom is -0.352 e. The van der Waals surface area contributed by atoms with Gasteiger partial charge in [0.2, 0.25) is 0 Å². The second-order valence-electron chi connectivity index (χ2n) is 7.84. The summed E-state index contributed by atoms with van der Waals surface area (Å²) < 4.78 is 2.06. The van der Waals surface area contributed by atoms with Crippen molar-refractivity contribution < 1.29 is 0 Å². The lowest BCUT2D eigenvalue weighted by atomic mass is 10.1. The maximum Gasteiger partial charge on any atom is 0.191 e. The summed E-state index contributed by atoms with van der Waals surface area (Å²) in [5.41, 5.74) is 4.57. The lowest BCUT2D eigenvalue weighted by Crippen LogP contribution is -2.44. The normalized spacial score (nSPS) is 18.2. The molecule has 3 heterocycles. The number of fused-ring (bicyclic) bond motifs is 1. The first-order valence-corrected chi connectivity index (χ1v) is 10.3. The van der Waals surface area contributed by atoms with Gasteiger partial charge in [0.05, 0.1) is 12.2 Å². The van der Waals surface area contributed by atoms with E-state index < -0.39 is 0 Å². The van der Waals surface area contributed by atoms with E-state index in [1.54, 1.807) is 0 Å². The van der Waals surface area contributed by atoms with Crippen LogP contribution < -0.4 is 10.6 Å². The third kappa shape index (κ3) is 5.31. The molecular weight excluding hydrogens is 487 g/mol. The average Bonchev–Trinajstić information content (AvgIpc) is 3.37. The molecule has 3 aromatic rings. The minimum atomic E-state index is 0. The van der Waals surface area contributed by atoms with Crippen molar-refractivity contribution in [2.45, 2.75) is 38.9 Å². The van der Waals surface area contributed by atoms with Gasteiger partial charge in [-0.2, -0.15) is 0 Å². The molecule has 2 unspecified atom stereocenters. The third-order valence-corrected chi connectivity index (χ3v) is 5.72. The zero-order valence-corrected chi connectivity index (χ0v) is 20.2. The van der Waals surface area contributed by atoms with E-state index in [1.807, 2.05) is 7.05 Å². The number of rotatable bonds is 5. The van der Waals surface area contributed by atoms with Crippen molar-refractivity contribution in [2.75, 3.05) is 20.1 Å². The Labute approximate surface area is 195 Å². The van der Waals surface area contributed by atoms with Gasteiger partial charge in [-0.15, -0.1) is 24.0 Å². The van der Waals surface area contributed by atoms with Crippen molar-refractivity contribution in [3.8, 4) is 0 Å². The first-order chi connectivity index (χ1) is 14.1. The molecule has 4 rings (SSSR count). The molecule has 0 amide bonds. The molecule has 0 spiro atoms. The molecule has 30 heavy (non-hydrogen) atoms. The SMILES string of the molecule is CN=C(NCc1cn2ccc(C)cc2n1)NC1CCN(C(C)c2ccccc2)C1.I. The van der Waals surface area contributed by atoms with Crippen LogP contribution in [0, 0.1) is 6.92 Å². The highest BCUT2D eigenvalue weighted by molar-refractivity contribution is 14.0. The fourth-order valence-corrected chi connectivity index (χ4v) is 3.98. The van der Waals surface area contributed by atoms with Gasteiger partial charge in [-0.1, -0.05) is 30.3 Å². The molecule has 0 bridgehead atoms. The Hall–Kier alpha value is -2.13. The fraction of sp³-hybridized carbons (Fsp3) is 0.391. The number of nitrogens with zero attached hydrogens (tertiary/aromatic N) is 4. The predicted molar refractivity (Wildman–Crippen MR) is 134 cm³/mol. The van der Waals surface area contributed by atoms with E-state index in [0.717, 1.165) is 36.8 Å². The summed E-state index contributed by atoms with van der Waals surface area (Å²) in [7, 11) is 1.82. The van der Waals surface area contributed by atoms with Crippen LogP contribution >= 0.6 is 24.0 Å². The van der Waals surface area contributed by atoms with Crippen molar-refractivity contribution in [1.29, 1.82) is 0 Å². The average molecular weight is 518 g/mol. The highest BCUT2D eigenvalue weighted by Crippen LogP contribution is 2.24. The maximum absolute atomic E-state index is 4.69. The smallest absolute Gasteiger partial charge is 0.191 e. The Bertz CT molecular complexity index is 984. The van der Waals surface area contributed by atoms with Crippen molar-refractivity contribution in [2.24, 2.45) is 4.99 Å².